The Kier molecular flexibility index (Phi) is 4.39. The SMILES string of the molecule is N#CCCNN1C(=O)C(c2ccc[nH]2)=C(c2c[nH]c3ccc(Br)cc23)C1=O. The van der Waals surface area contributed by atoms with E-state index in [2.05, 4.69) is 31.3 Å². The van der Waals surface area contributed by atoms with Crippen molar-refractivity contribution in [3.05, 3.63) is 58.5 Å². The summed E-state index contributed by atoms with van der Waals surface area (Å²) >= 11 is 3.45. The normalized spacial score (nSPS) is 14.4. The first-order valence-corrected chi connectivity index (χ1v) is 9.05. The van der Waals surface area contributed by atoms with Gasteiger partial charge in [-0.2, -0.15) is 5.26 Å². The van der Waals surface area contributed by atoms with Crippen LogP contribution in [0.3, 0.4) is 0 Å². The summed E-state index contributed by atoms with van der Waals surface area (Å²) in [4.78, 5) is 32.2. The van der Waals surface area contributed by atoms with E-state index in [0.29, 0.717) is 22.4 Å². The number of benzene rings is 1. The minimum atomic E-state index is -0.445. The second-order valence-corrected chi connectivity index (χ2v) is 6.90. The topological polar surface area (TPSA) is 105 Å². The molecule has 1 aromatic carbocycles. The van der Waals surface area contributed by atoms with Crippen LogP contribution in [0.1, 0.15) is 17.7 Å². The number of nitrogens with one attached hydrogen (secondary N) is 3. The molecule has 1 aliphatic heterocycles. The number of fused-ring (bicyclic) bond motifs is 1. The van der Waals surface area contributed by atoms with Crippen molar-refractivity contribution < 1.29 is 9.59 Å². The zero-order chi connectivity index (χ0) is 19.0. The molecule has 134 valence electrons. The van der Waals surface area contributed by atoms with Gasteiger partial charge in [0.15, 0.2) is 0 Å². The molecule has 0 atom stereocenters. The standard InChI is InChI=1S/C19H14BrN5O2/c20-11-4-5-14-12(9-11)13(10-23-14)16-17(15-3-1-7-22-15)19(27)25(18(16)26)24-8-2-6-21/h1,3-5,7,9-10,22-24H,2,8H2. The second-order valence-electron chi connectivity index (χ2n) is 5.99. The summed E-state index contributed by atoms with van der Waals surface area (Å²) in [5.41, 5.74) is 5.46. The predicted molar refractivity (Wildman–Crippen MR) is 104 cm³/mol. The van der Waals surface area contributed by atoms with E-state index in [9.17, 15) is 9.59 Å². The Morgan fingerprint density at radius 2 is 1.96 bits per heavy atom. The van der Waals surface area contributed by atoms with Gasteiger partial charge in [0.2, 0.25) is 0 Å². The first-order valence-electron chi connectivity index (χ1n) is 8.26. The summed E-state index contributed by atoms with van der Waals surface area (Å²) < 4.78 is 0.874. The lowest BCUT2D eigenvalue weighted by molar-refractivity contribution is -0.139. The minimum Gasteiger partial charge on any atom is -0.361 e. The van der Waals surface area contributed by atoms with E-state index >= 15 is 0 Å². The third-order valence-corrected chi connectivity index (χ3v) is 4.86. The number of aromatic amines is 2. The molecule has 0 radical (unpaired) electrons. The van der Waals surface area contributed by atoms with Crippen LogP contribution in [0.25, 0.3) is 22.0 Å². The highest BCUT2D eigenvalue weighted by Crippen LogP contribution is 2.37. The van der Waals surface area contributed by atoms with Crippen LogP contribution in [-0.2, 0) is 9.59 Å². The van der Waals surface area contributed by atoms with E-state index < -0.39 is 11.8 Å². The molecular formula is C19H14BrN5O2. The third kappa shape index (κ3) is 2.87. The van der Waals surface area contributed by atoms with Crippen molar-refractivity contribution in [3.8, 4) is 6.07 Å². The molecule has 2 aromatic heterocycles. The van der Waals surface area contributed by atoms with E-state index in [-0.39, 0.29) is 13.0 Å². The fourth-order valence-electron chi connectivity index (χ4n) is 3.18. The number of carbonyl (C=O) groups excluding carboxylic acids is 2. The molecule has 0 saturated heterocycles. The molecule has 4 rings (SSSR count). The maximum atomic E-state index is 13.1. The summed E-state index contributed by atoms with van der Waals surface area (Å²) in [7, 11) is 0. The number of rotatable bonds is 5. The van der Waals surface area contributed by atoms with Gasteiger partial charge < -0.3 is 9.97 Å². The number of hydrazine groups is 1. The number of amides is 2. The van der Waals surface area contributed by atoms with Crippen LogP contribution in [0, 0.1) is 11.3 Å². The maximum Gasteiger partial charge on any atom is 0.278 e. The molecule has 0 unspecified atom stereocenters. The summed E-state index contributed by atoms with van der Waals surface area (Å²) in [5, 5.41) is 10.5. The fourth-order valence-corrected chi connectivity index (χ4v) is 3.54. The number of nitrogens with zero attached hydrogens (tertiary/aromatic N) is 2. The van der Waals surface area contributed by atoms with Crippen LogP contribution in [0.5, 0.6) is 0 Å². The van der Waals surface area contributed by atoms with Gasteiger partial charge in [0, 0.05) is 46.3 Å². The van der Waals surface area contributed by atoms with E-state index in [1.54, 1.807) is 24.5 Å². The number of nitriles is 1. The fraction of sp³-hybridized carbons (Fsp3) is 0.105. The lowest BCUT2D eigenvalue weighted by Crippen LogP contribution is -2.43. The van der Waals surface area contributed by atoms with Crippen LogP contribution in [0.2, 0.25) is 0 Å². The smallest absolute Gasteiger partial charge is 0.278 e. The molecule has 27 heavy (non-hydrogen) atoms. The van der Waals surface area contributed by atoms with Crippen LogP contribution < -0.4 is 5.43 Å². The van der Waals surface area contributed by atoms with Gasteiger partial charge in [0.25, 0.3) is 11.8 Å². The average Bonchev–Trinajstić information content (AvgIpc) is 3.36. The number of hydrogen-bond donors (Lipinski definition) is 3. The number of halogens is 1. The molecule has 0 spiro atoms. The van der Waals surface area contributed by atoms with Crippen molar-refractivity contribution in [3.63, 3.8) is 0 Å². The highest BCUT2D eigenvalue weighted by atomic mass is 79.9. The zero-order valence-corrected chi connectivity index (χ0v) is 15.6. The molecule has 7 nitrogen and oxygen atoms in total. The zero-order valence-electron chi connectivity index (χ0n) is 14.0. The van der Waals surface area contributed by atoms with Gasteiger partial charge in [-0.1, -0.05) is 15.9 Å². The van der Waals surface area contributed by atoms with Crippen LogP contribution in [0.4, 0.5) is 0 Å². The van der Waals surface area contributed by atoms with E-state index in [1.807, 2.05) is 24.3 Å². The Morgan fingerprint density at radius 1 is 1.15 bits per heavy atom. The number of carbonyl (C=O) groups is 2. The first kappa shape index (κ1) is 17.3. The van der Waals surface area contributed by atoms with Crippen molar-refractivity contribution in [2.24, 2.45) is 0 Å². The molecule has 0 aliphatic carbocycles. The van der Waals surface area contributed by atoms with Gasteiger partial charge in [-0.15, -0.1) is 0 Å². The molecule has 1 aliphatic rings. The van der Waals surface area contributed by atoms with Crippen molar-refractivity contribution in [1.29, 1.82) is 5.26 Å². The van der Waals surface area contributed by atoms with E-state index in [1.165, 1.54) is 0 Å². The van der Waals surface area contributed by atoms with Crippen LogP contribution in [-0.4, -0.2) is 33.3 Å². The van der Waals surface area contributed by atoms with E-state index in [0.717, 1.165) is 20.4 Å². The van der Waals surface area contributed by atoms with E-state index in [4.69, 9.17) is 5.26 Å². The molecule has 3 heterocycles. The molecule has 8 heteroatoms. The summed E-state index contributed by atoms with van der Waals surface area (Å²) in [6, 6.07) is 11.2. The Morgan fingerprint density at radius 3 is 2.70 bits per heavy atom. The minimum absolute atomic E-state index is 0.185. The molecule has 0 fully saturated rings. The number of aromatic nitrogens is 2. The summed E-state index contributed by atoms with van der Waals surface area (Å²) in [6.45, 7) is 0.207. The molecule has 2 amide bonds. The molecule has 0 bridgehead atoms. The van der Waals surface area contributed by atoms with Crippen LogP contribution >= 0.6 is 15.9 Å². The Hall–Kier alpha value is -3.15. The Balaban J connectivity index is 1.88. The molecule has 3 N–H and O–H groups in total. The van der Waals surface area contributed by atoms with Crippen LogP contribution in [0.15, 0.2) is 47.2 Å². The van der Waals surface area contributed by atoms with Gasteiger partial charge in [0.05, 0.1) is 22.9 Å². The van der Waals surface area contributed by atoms with Crippen molar-refractivity contribution in [2.45, 2.75) is 6.42 Å². The van der Waals surface area contributed by atoms with Gasteiger partial charge in [-0.25, -0.2) is 10.4 Å². The quantitative estimate of drug-likeness (QED) is 0.433. The number of hydrogen-bond acceptors (Lipinski definition) is 4. The highest BCUT2D eigenvalue weighted by molar-refractivity contribution is 9.10. The van der Waals surface area contributed by atoms with Gasteiger partial charge >= 0.3 is 0 Å². The first-order chi connectivity index (χ1) is 13.1. The molecular weight excluding hydrogens is 410 g/mol. The summed E-state index contributed by atoms with van der Waals surface area (Å²) in [5.74, 6) is -0.886. The molecule has 3 aromatic rings. The number of imide groups is 1. The summed E-state index contributed by atoms with van der Waals surface area (Å²) in [6.07, 6.45) is 3.62. The van der Waals surface area contributed by atoms with Gasteiger partial charge in [0.1, 0.15) is 0 Å². The second kappa shape index (κ2) is 6.87. The Bertz CT molecular complexity index is 1120. The van der Waals surface area contributed by atoms with Gasteiger partial charge in [-0.05, 0) is 30.3 Å². The Labute approximate surface area is 162 Å². The third-order valence-electron chi connectivity index (χ3n) is 4.37. The average molecular weight is 424 g/mol. The van der Waals surface area contributed by atoms with Crippen molar-refractivity contribution in [2.75, 3.05) is 6.54 Å². The highest BCUT2D eigenvalue weighted by Gasteiger charge is 2.40. The lowest BCUT2D eigenvalue weighted by atomic mass is 9.99. The van der Waals surface area contributed by atoms with Crippen molar-refractivity contribution >= 4 is 49.8 Å². The predicted octanol–water partition coefficient (Wildman–Crippen LogP) is 2.96. The number of H-pyrrole nitrogens is 2. The largest absolute Gasteiger partial charge is 0.361 e. The monoisotopic (exact) mass is 423 g/mol. The van der Waals surface area contributed by atoms with Crippen molar-refractivity contribution in [1.82, 2.24) is 20.4 Å². The molecule has 0 saturated carbocycles. The maximum absolute atomic E-state index is 13.1. The van der Waals surface area contributed by atoms with Gasteiger partial charge in [-0.3, -0.25) is 9.59 Å². The lowest BCUT2D eigenvalue weighted by Gasteiger charge is -2.15.